The number of hydrogen-bond donors (Lipinski definition) is 0. The Labute approximate surface area is 447 Å². The van der Waals surface area contributed by atoms with Gasteiger partial charge in [0.1, 0.15) is 48.1 Å². The molecule has 0 saturated carbocycles. The maximum atomic E-state index is 15.0. The van der Waals surface area contributed by atoms with E-state index in [9.17, 15) is 33.1 Å². The fourth-order valence-electron chi connectivity index (χ4n) is 8.44. The molecule has 20 nitrogen and oxygen atoms in total. The molecule has 2 aliphatic heterocycles. The molecule has 0 spiro atoms. The Morgan fingerprint density at radius 2 is 1.54 bits per heavy atom. The number of anilines is 2. The number of piperazine rings is 1. The van der Waals surface area contributed by atoms with E-state index in [2.05, 4.69) is 29.5 Å². The van der Waals surface area contributed by atoms with E-state index in [0.717, 1.165) is 43.6 Å². The molecular weight excluding hydrogens is 959 g/mol. The predicted molar refractivity (Wildman–Crippen MR) is 236 cm³/mol. The van der Waals surface area contributed by atoms with Crippen molar-refractivity contribution in [2.75, 3.05) is 55.8 Å². The van der Waals surface area contributed by atoms with Gasteiger partial charge < -0.3 is 52.4 Å². The molecular formula is C45H53F2N8Na2O12P. The number of phosphoric ester groups is 1. The Balaban J connectivity index is 0.00000456. The number of halogens is 2. The third-order valence-electron chi connectivity index (χ3n) is 11.8. The molecule has 2 unspecified atom stereocenters. The number of nitrogens with zero attached hydrogens (tertiary/aromatic N) is 8. The van der Waals surface area contributed by atoms with Crippen LogP contribution in [-0.4, -0.2) is 99.6 Å². The van der Waals surface area contributed by atoms with E-state index in [4.69, 9.17) is 23.7 Å². The van der Waals surface area contributed by atoms with Crippen molar-refractivity contribution < 1.29 is 120 Å². The standard InChI is InChI=1S/C45H55F2N8O12P.2Na/c1-4-41(31(2)65-44(58)67-32(3)66-42(56)7-5-6-22-64-68(59,60)61)55-43(57)54(30-50-55)37-11-9-35(10-12-37)51-18-20-52(21-19-51)36-13-15-38(16-14-36)62-25-33-24-45(63-26-33,27-53-29-48-28-49-53)39-17-8-34(46)23-40(39)47;;/h8-17,23,28-33,41H,4-7,18-22,24-27H2,1-3H3,(H2,59,60,61);;/q;2*+1/p-2/t31?,32?,33-,41+,45+;;/m1../s1. The third-order valence-corrected chi connectivity index (χ3v) is 12.3. The second-order valence-corrected chi connectivity index (χ2v) is 17.7. The van der Waals surface area contributed by atoms with Gasteiger partial charge in [0.25, 0.3) is 0 Å². The second kappa shape index (κ2) is 26.0. The van der Waals surface area contributed by atoms with E-state index >= 15 is 4.39 Å². The summed E-state index contributed by atoms with van der Waals surface area (Å²) in [5, 5.41) is 8.49. The van der Waals surface area contributed by atoms with Crippen LogP contribution in [0.25, 0.3) is 5.69 Å². The van der Waals surface area contributed by atoms with Crippen LogP contribution in [-0.2, 0) is 45.0 Å². The average molecular weight is 1010 g/mol. The molecule has 2 saturated heterocycles. The van der Waals surface area contributed by atoms with Crippen LogP contribution in [0.3, 0.4) is 0 Å². The number of phosphoric acid groups is 1. The molecule has 2 aromatic heterocycles. The second-order valence-electron chi connectivity index (χ2n) is 16.6. The third kappa shape index (κ3) is 15.2. The van der Waals surface area contributed by atoms with Gasteiger partial charge in [-0.25, -0.2) is 37.3 Å². The first-order valence-corrected chi connectivity index (χ1v) is 23.7. The van der Waals surface area contributed by atoms with Gasteiger partial charge in [-0.15, -0.1) is 0 Å². The maximum absolute atomic E-state index is 15.0. The van der Waals surface area contributed by atoms with Gasteiger partial charge >= 0.3 is 76.9 Å². The molecule has 0 amide bonds. The van der Waals surface area contributed by atoms with Crippen LogP contribution in [0, 0.1) is 17.6 Å². The van der Waals surface area contributed by atoms with Gasteiger partial charge in [-0.3, -0.25) is 4.79 Å². The SMILES string of the molecule is CC[C@@H](C(C)OC(=O)OC(C)OC(=O)CCCCOP(=O)([O-])[O-])n1ncn(-c2ccc(N3CCN(c4ccc(OC[C@@H]5CO[C@@](Cn6cncn6)(c6ccc(F)cc6F)C5)cc4)CC3)cc2)c1=O.[Na+].[Na+]. The molecule has 5 aromatic rings. The monoisotopic (exact) mass is 1010 g/mol. The Morgan fingerprint density at radius 1 is 0.886 bits per heavy atom. The maximum Gasteiger partial charge on any atom is 1.00 e. The zero-order chi connectivity index (χ0) is 48.4. The number of carbonyl (C=O) groups is 2. The number of unbranched alkanes of at least 4 members (excludes halogenated alkanes) is 1. The summed E-state index contributed by atoms with van der Waals surface area (Å²) in [4.78, 5) is 67.8. The van der Waals surface area contributed by atoms with Crippen molar-refractivity contribution in [3.8, 4) is 11.4 Å². The first-order valence-electron chi connectivity index (χ1n) is 22.2. The van der Waals surface area contributed by atoms with Crippen molar-refractivity contribution in [3.63, 3.8) is 0 Å². The first-order chi connectivity index (χ1) is 32.6. The summed E-state index contributed by atoms with van der Waals surface area (Å²) in [5.41, 5.74) is 1.43. The zero-order valence-corrected chi connectivity index (χ0v) is 44.7. The zero-order valence-electron chi connectivity index (χ0n) is 39.8. The summed E-state index contributed by atoms with van der Waals surface area (Å²) in [7, 11) is -5.08. The Hall–Kier alpha value is -4.19. The smallest absolute Gasteiger partial charge is 0.790 e. The first kappa shape index (κ1) is 56.7. The summed E-state index contributed by atoms with van der Waals surface area (Å²) < 4.78 is 75.6. The van der Waals surface area contributed by atoms with E-state index in [0.29, 0.717) is 37.5 Å². The molecule has 366 valence electrons. The Kier molecular flexibility index (Phi) is 21.0. The van der Waals surface area contributed by atoms with Crippen molar-refractivity contribution in [1.29, 1.82) is 0 Å². The molecule has 7 rings (SSSR count). The molecule has 4 heterocycles. The normalized spacial score (nSPS) is 18.2. The van der Waals surface area contributed by atoms with Gasteiger partial charge in [0.2, 0.25) is 6.29 Å². The van der Waals surface area contributed by atoms with Crippen molar-refractivity contribution >= 4 is 31.3 Å². The number of hydrogen-bond acceptors (Lipinski definition) is 17. The molecule has 3 aromatic carbocycles. The predicted octanol–water partition coefficient (Wildman–Crippen LogP) is -1.35. The summed E-state index contributed by atoms with van der Waals surface area (Å²) in [5.74, 6) is -1.41. The van der Waals surface area contributed by atoms with E-state index in [1.165, 1.54) is 47.3 Å². The quantitative estimate of drug-likeness (QED) is 0.0272. The number of ether oxygens (including phenoxy) is 5. The van der Waals surface area contributed by atoms with E-state index in [1.807, 2.05) is 55.5 Å². The van der Waals surface area contributed by atoms with Crippen LogP contribution in [0.4, 0.5) is 25.0 Å². The Morgan fingerprint density at radius 3 is 2.16 bits per heavy atom. The van der Waals surface area contributed by atoms with Crippen LogP contribution in [0.5, 0.6) is 5.75 Å². The fourth-order valence-corrected chi connectivity index (χ4v) is 8.79. The number of aromatic nitrogens is 6. The van der Waals surface area contributed by atoms with Gasteiger partial charge in [0.05, 0.1) is 45.9 Å². The topological polar surface area (TPSA) is 230 Å². The van der Waals surface area contributed by atoms with Gasteiger partial charge in [-0.1, -0.05) is 13.0 Å². The van der Waals surface area contributed by atoms with Crippen molar-refractivity contribution in [2.24, 2.45) is 5.92 Å². The molecule has 25 heteroatoms. The van der Waals surface area contributed by atoms with E-state index in [-0.39, 0.29) is 103 Å². The molecule has 0 radical (unpaired) electrons. The summed E-state index contributed by atoms with van der Waals surface area (Å²) in [6.07, 6.45) is 2.05. The minimum Gasteiger partial charge on any atom is -0.790 e. The van der Waals surface area contributed by atoms with Crippen LogP contribution >= 0.6 is 7.82 Å². The van der Waals surface area contributed by atoms with Crippen molar-refractivity contribution in [1.82, 2.24) is 29.1 Å². The molecule has 5 atom stereocenters. The molecule has 0 aliphatic carbocycles. The van der Waals surface area contributed by atoms with Crippen molar-refractivity contribution in [2.45, 2.75) is 83.5 Å². The van der Waals surface area contributed by atoms with Gasteiger partial charge in [0, 0.05) is 68.4 Å². The van der Waals surface area contributed by atoms with Crippen LogP contribution in [0.2, 0.25) is 0 Å². The molecule has 0 bridgehead atoms. The summed E-state index contributed by atoms with van der Waals surface area (Å²) >= 11 is 0. The Bertz CT molecular complexity index is 2570. The molecule has 0 N–H and O–H groups in total. The van der Waals surface area contributed by atoms with Gasteiger partial charge in [0.15, 0.2) is 0 Å². The molecule has 2 fully saturated rings. The molecule has 2 aliphatic rings. The number of esters is 1. The summed E-state index contributed by atoms with van der Waals surface area (Å²) in [6, 6.07) is 18.4. The number of rotatable bonds is 21. The number of carbonyl (C=O) groups excluding carboxylic acids is 2. The number of benzene rings is 3. The minimum absolute atomic E-state index is 0. The minimum atomic E-state index is -5.08. The van der Waals surface area contributed by atoms with Gasteiger partial charge in [-0.05, 0) is 87.2 Å². The average Bonchev–Trinajstić information content (AvgIpc) is 4.07. The van der Waals surface area contributed by atoms with Crippen LogP contribution in [0.15, 0.2) is 90.5 Å². The fraction of sp³-hybridized carbons (Fsp3) is 0.467. The van der Waals surface area contributed by atoms with Crippen LogP contribution < -0.4 is 89.1 Å². The van der Waals surface area contributed by atoms with Gasteiger partial charge in [-0.2, -0.15) is 10.2 Å². The molecule has 70 heavy (non-hydrogen) atoms. The van der Waals surface area contributed by atoms with E-state index in [1.54, 1.807) is 11.6 Å². The summed E-state index contributed by atoms with van der Waals surface area (Å²) in [6.45, 7) is 8.33. The van der Waals surface area contributed by atoms with Crippen molar-refractivity contribution in [3.05, 3.63) is 113 Å². The largest absolute Gasteiger partial charge is 1.00 e. The van der Waals surface area contributed by atoms with E-state index < -0.39 is 61.3 Å². The van der Waals surface area contributed by atoms with Crippen LogP contribution in [0.1, 0.15) is 64.5 Å².